The number of carbonyl (C=O) groups excluding carboxylic acids is 3. The number of anilines is 1. The van der Waals surface area contributed by atoms with Gasteiger partial charge in [0, 0.05) is 36.7 Å². The van der Waals surface area contributed by atoms with Crippen molar-refractivity contribution in [2.75, 3.05) is 11.9 Å². The number of hydrogen-bond donors (Lipinski definition) is 1. The Morgan fingerprint density at radius 2 is 1.78 bits per heavy atom. The number of fused-ring (bicyclic) bond motifs is 1. The van der Waals surface area contributed by atoms with Crippen LogP contribution < -0.4 is 5.32 Å². The molecule has 4 aromatic rings. The van der Waals surface area contributed by atoms with Crippen LogP contribution in [0.5, 0.6) is 0 Å². The second-order valence-electron chi connectivity index (χ2n) is 7.72. The van der Waals surface area contributed by atoms with Gasteiger partial charge in [-0.2, -0.15) is 5.10 Å². The third-order valence-corrected chi connectivity index (χ3v) is 5.29. The number of aromatic nitrogens is 3. The van der Waals surface area contributed by atoms with Gasteiger partial charge in [-0.3, -0.25) is 9.48 Å². The highest BCUT2D eigenvalue weighted by Crippen LogP contribution is 2.26. The van der Waals surface area contributed by atoms with Gasteiger partial charge in [0.2, 0.25) is 6.29 Å². The first-order valence-corrected chi connectivity index (χ1v) is 11.2. The van der Waals surface area contributed by atoms with Gasteiger partial charge in [-0.25, -0.2) is 14.6 Å². The van der Waals surface area contributed by atoms with Gasteiger partial charge in [0.1, 0.15) is 5.82 Å². The Morgan fingerprint density at radius 3 is 2.53 bits per heavy atom. The summed E-state index contributed by atoms with van der Waals surface area (Å²) in [5, 5.41) is 8.80. The van der Waals surface area contributed by atoms with Gasteiger partial charge in [-0.1, -0.05) is 36.4 Å². The normalized spacial score (nSPS) is 11.5. The van der Waals surface area contributed by atoms with E-state index in [1.165, 1.54) is 17.8 Å². The van der Waals surface area contributed by atoms with Crippen LogP contribution in [-0.2, 0) is 21.3 Å². The van der Waals surface area contributed by atoms with Crippen LogP contribution in [0.2, 0.25) is 0 Å². The summed E-state index contributed by atoms with van der Waals surface area (Å²) in [6, 6.07) is 16.2. The van der Waals surface area contributed by atoms with Crippen molar-refractivity contribution < 1.29 is 28.6 Å². The molecule has 4 rings (SSSR count). The van der Waals surface area contributed by atoms with Crippen LogP contribution in [0, 0.1) is 0 Å². The standard InChI is InChI=1S/C26H24N4O6/c1-4-34-26(33)36-16(2)35-25(32)22-21(15-28-30(22)3)18-9-11-19(12-10-18)24(31)29-23-20-8-6-5-7-17(20)13-14-27-23/h5-16H,4H2,1-3H3,(H,27,29,31). The van der Waals surface area contributed by atoms with Crippen LogP contribution >= 0.6 is 0 Å². The van der Waals surface area contributed by atoms with Crippen molar-refractivity contribution in [3.05, 3.63) is 78.2 Å². The van der Waals surface area contributed by atoms with Crippen molar-refractivity contribution in [2.24, 2.45) is 7.05 Å². The first kappa shape index (κ1) is 24.4. The molecule has 0 bridgehead atoms. The maximum Gasteiger partial charge on any atom is 0.511 e. The molecule has 36 heavy (non-hydrogen) atoms. The summed E-state index contributed by atoms with van der Waals surface area (Å²) in [5.41, 5.74) is 1.71. The first-order valence-electron chi connectivity index (χ1n) is 11.2. The van der Waals surface area contributed by atoms with Gasteiger partial charge < -0.3 is 19.5 Å². The summed E-state index contributed by atoms with van der Waals surface area (Å²) in [7, 11) is 1.59. The fourth-order valence-corrected chi connectivity index (χ4v) is 3.61. The Hall–Kier alpha value is -4.73. The minimum absolute atomic E-state index is 0.137. The summed E-state index contributed by atoms with van der Waals surface area (Å²) in [6.45, 7) is 3.18. The van der Waals surface area contributed by atoms with Gasteiger partial charge in [0.05, 0.1) is 12.8 Å². The van der Waals surface area contributed by atoms with Crippen LogP contribution in [0.4, 0.5) is 10.6 Å². The van der Waals surface area contributed by atoms with Crippen LogP contribution in [0.15, 0.2) is 67.0 Å². The van der Waals surface area contributed by atoms with E-state index in [2.05, 4.69) is 20.1 Å². The van der Waals surface area contributed by atoms with Crippen molar-refractivity contribution in [2.45, 2.75) is 20.1 Å². The summed E-state index contributed by atoms with van der Waals surface area (Å²) < 4.78 is 16.2. The molecule has 2 aromatic heterocycles. The van der Waals surface area contributed by atoms with Crippen LogP contribution in [0.3, 0.4) is 0 Å². The smallest absolute Gasteiger partial charge is 0.435 e. The predicted octanol–water partition coefficient (Wildman–Crippen LogP) is 4.56. The first-order chi connectivity index (χ1) is 17.4. The van der Waals surface area contributed by atoms with Gasteiger partial charge in [0.25, 0.3) is 5.91 Å². The average molecular weight is 489 g/mol. The van der Waals surface area contributed by atoms with Crippen molar-refractivity contribution >= 4 is 34.6 Å². The molecule has 10 nitrogen and oxygen atoms in total. The molecule has 0 aliphatic carbocycles. The molecule has 0 aliphatic rings. The lowest BCUT2D eigenvalue weighted by Crippen LogP contribution is -2.23. The summed E-state index contributed by atoms with van der Waals surface area (Å²) in [4.78, 5) is 41.4. The van der Waals surface area contributed by atoms with Crippen molar-refractivity contribution in [3.8, 4) is 11.1 Å². The molecule has 2 aromatic carbocycles. The molecule has 10 heteroatoms. The van der Waals surface area contributed by atoms with E-state index in [1.54, 1.807) is 44.4 Å². The van der Waals surface area contributed by atoms with Crippen LogP contribution in [0.1, 0.15) is 34.7 Å². The summed E-state index contributed by atoms with van der Waals surface area (Å²) >= 11 is 0. The van der Waals surface area contributed by atoms with Crippen LogP contribution in [-0.4, -0.2) is 45.7 Å². The topological polar surface area (TPSA) is 122 Å². The fraction of sp³-hybridized carbons (Fsp3) is 0.192. The molecule has 2 heterocycles. The number of nitrogens with one attached hydrogen (secondary N) is 1. The molecule has 1 atom stereocenters. The average Bonchev–Trinajstić information content (AvgIpc) is 3.25. The van der Waals surface area contributed by atoms with Gasteiger partial charge in [-0.15, -0.1) is 0 Å². The van der Waals surface area contributed by atoms with E-state index in [-0.39, 0.29) is 18.2 Å². The number of aryl methyl sites for hydroxylation is 1. The molecule has 1 N–H and O–H groups in total. The number of rotatable bonds is 7. The van der Waals surface area contributed by atoms with E-state index in [9.17, 15) is 14.4 Å². The predicted molar refractivity (Wildman–Crippen MR) is 131 cm³/mol. The number of carbonyl (C=O) groups is 3. The Morgan fingerprint density at radius 1 is 1.03 bits per heavy atom. The van der Waals surface area contributed by atoms with Crippen LogP contribution in [0.25, 0.3) is 21.9 Å². The molecule has 1 unspecified atom stereocenters. The van der Waals surface area contributed by atoms with E-state index < -0.39 is 18.4 Å². The highest BCUT2D eigenvalue weighted by molar-refractivity contribution is 6.08. The summed E-state index contributed by atoms with van der Waals surface area (Å²) in [5.74, 6) is -0.578. The Bertz CT molecular complexity index is 1410. The maximum absolute atomic E-state index is 12.8. The molecule has 0 saturated carbocycles. The molecule has 0 radical (unpaired) electrons. The zero-order chi connectivity index (χ0) is 25.7. The third-order valence-electron chi connectivity index (χ3n) is 5.29. The third kappa shape index (κ3) is 5.33. The summed E-state index contributed by atoms with van der Waals surface area (Å²) in [6.07, 6.45) is 1.06. The number of pyridine rings is 1. The largest absolute Gasteiger partial charge is 0.511 e. The van der Waals surface area contributed by atoms with Gasteiger partial charge >= 0.3 is 12.1 Å². The van der Waals surface area contributed by atoms with Gasteiger partial charge in [0.15, 0.2) is 5.69 Å². The van der Waals surface area contributed by atoms with Crippen molar-refractivity contribution in [1.82, 2.24) is 14.8 Å². The van der Waals surface area contributed by atoms with Crippen molar-refractivity contribution in [3.63, 3.8) is 0 Å². The number of nitrogens with zero attached hydrogens (tertiary/aromatic N) is 3. The zero-order valence-electron chi connectivity index (χ0n) is 19.9. The maximum atomic E-state index is 12.8. The van der Waals surface area contributed by atoms with Gasteiger partial charge in [-0.05, 0) is 36.1 Å². The SMILES string of the molecule is CCOC(=O)OC(C)OC(=O)c1c(-c2ccc(C(=O)Nc3nccc4ccccc34)cc2)cnn1C. The lowest BCUT2D eigenvalue weighted by atomic mass is 10.0. The van der Waals surface area contributed by atoms with E-state index in [0.29, 0.717) is 22.5 Å². The van der Waals surface area contributed by atoms with E-state index in [0.717, 1.165) is 10.8 Å². The van der Waals surface area contributed by atoms with Crippen molar-refractivity contribution in [1.29, 1.82) is 0 Å². The van der Waals surface area contributed by atoms with E-state index >= 15 is 0 Å². The minimum Gasteiger partial charge on any atom is -0.435 e. The molecule has 0 fully saturated rings. The fourth-order valence-electron chi connectivity index (χ4n) is 3.61. The number of hydrogen-bond acceptors (Lipinski definition) is 8. The number of ether oxygens (including phenoxy) is 3. The Labute approximate surface area is 206 Å². The Balaban J connectivity index is 1.49. The molecule has 0 spiro atoms. The lowest BCUT2D eigenvalue weighted by molar-refractivity contribution is -0.0815. The molecular weight excluding hydrogens is 464 g/mol. The lowest BCUT2D eigenvalue weighted by Gasteiger charge is -2.14. The monoisotopic (exact) mass is 488 g/mol. The number of esters is 1. The minimum atomic E-state index is -1.16. The molecule has 184 valence electrons. The van der Waals surface area contributed by atoms with E-state index in [1.807, 2.05) is 30.3 Å². The molecular formula is C26H24N4O6. The molecule has 1 amide bonds. The van der Waals surface area contributed by atoms with E-state index in [4.69, 9.17) is 9.47 Å². The zero-order valence-corrected chi connectivity index (χ0v) is 19.9. The Kier molecular flexibility index (Phi) is 7.24. The second kappa shape index (κ2) is 10.7. The molecule has 0 saturated heterocycles. The quantitative estimate of drug-likeness (QED) is 0.297. The number of benzene rings is 2. The second-order valence-corrected chi connectivity index (χ2v) is 7.72. The highest BCUT2D eigenvalue weighted by Gasteiger charge is 2.23. The number of amides is 1. The highest BCUT2D eigenvalue weighted by atomic mass is 16.8. The molecule has 0 aliphatic heterocycles.